The molecule has 1 aliphatic rings. The fraction of sp³-hybridized carbons (Fsp3) is 0.440. The van der Waals surface area contributed by atoms with Gasteiger partial charge in [0.15, 0.2) is 17.4 Å². The first-order valence-corrected chi connectivity index (χ1v) is 16.6. The van der Waals surface area contributed by atoms with Gasteiger partial charge in [-0.3, -0.25) is 0 Å². The first-order chi connectivity index (χ1) is 17.6. The Bertz CT molecular complexity index is 1240. The molecule has 1 aromatic carbocycles. The van der Waals surface area contributed by atoms with Crippen molar-refractivity contribution in [2.75, 3.05) is 25.1 Å². The molecule has 0 bridgehead atoms. The molecule has 0 spiro atoms. The van der Waals surface area contributed by atoms with Gasteiger partial charge in [0.2, 0.25) is 0 Å². The third kappa shape index (κ3) is 7.28. The van der Waals surface area contributed by atoms with Crippen molar-refractivity contribution in [1.29, 1.82) is 0 Å². The number of urea groups is 1. The van der Waals surface area contributed by atoms with Crippen molar-refractivity contribution >= 4 is 46.8 Å². The summed E-state index contributed by atoms with van der Waals surface area (Å²) in [7, 11) is -1.21. The minimum Gasteiger partial charge on any atom is -0.450 e. The van der Waals surface area contributed by atoms with Gasteiger partial charge >= 0.3 is 6.03 Å². The van der Waals surface area contributed by atoms with Crippen LogP contribution in [0.1, 0.15) is 12.8 Å². The first-order valence-electron chi connectivity index (χ1n) is 12.1. The summed E-state index contributed by atoms with van der Waals surface area (Å²) in [5.74, 6) is -2.26. The van der Waals surface area contributed by atoms with Crippen LogP contribution in [0.4, 0.5) is 19.3 Å². The number of rotatable bonds is 10. The van der Waals surface area contributed by atoms with Crippen LogP contribution in [-0.4, -0.2) is 49.5 Å². The third-order valence-electron chi connectivity index (χ3n) is 5.88. The van der Waals surface area contributed by atoms with Gasteiger partial charge in [-0.2, -0.15) is 0 Å². The van der Waals surface area contributed by atoms with E-state index in [4.69, 9.17) is 14.2 Å². The predicted molar refractivity (Wildman–Crippen MR) is 144 cm³/mol. The van der Waals surface area contributed by atoms with Gasteiger partial charge in [0.1, 0.15) is 18.1 Å². The van der Waals surface area contributed by atoms with Gasteiger partial charge in [0.25, 0.3) is 0 Å². The van der Waals surface area contributed by atoms with Gasteiger partial charge in [-0.25, -0.2) is 18.6 Å². The molecule has 1 unspecified atom stereocenters. The molecule has 2 N–H and O–H groups in total. The zero-order valence-corrected chi connectivity index (χ0v) is 23.7. The van der Waals surface area contributed by atoms with Crippen molar-refractivity contribution in [3.63, 3.8) is 0 Å². The van der Waals surface area contributed by atoms with E-state index >= 15 is 0 Å². The standard InChI is InChI=1S/C25H31BrF2N4O4Si/c1-37(2,3)10-9-34-15-32-14-18(26)22-21(6-7-29-24(22)32)36-23-19(27)11-16(12-20(23)28)31-25(33)30-13-17-5-4-8-35-17/h6-7,11-12,14,17H,4-5,8-10,13,15H2,1-3H3,(H2,30,31,33). The second-order valence-electron chi connectivity index (χ2n) is 10.1. The van der Waals surface area contributed by atoms with E-state index in [-0.39, 0.29) is 17.5 Å². The quantitative estimate of drug-likeness (QED) is 0.206. The Labute approximate surface area is 223 Å². The average molecular weight is 598 g/mol. The van der Waals surface area contributed by atoms with E-state index in [1.807, 2.05) is 4.57 Å². The highest BCUT2D eigenvalue weighted by Gasteiger charge is 2.20. The number of aromatic nitrogens is 2. The van der Waals surface area contributed by atoms with Gasteiger partial charge in [-0.15, -0.1) is 0 Å². The summed E-state index contributed by atoms with van der Waals surface area (Å²) in [4.78, 5) is 16.5. The molecule has 2 aromatic heterocycles. The number of benzene rings is 1. The minimum absolute atomic E-state index is 0.0325. The van der Waals surface area contributed by atoms with E-state index in [1.165, 1.54) is 12.3 Å². The second kappa shape index (κ2) is 11.9. The van der Waals surface area contributed by atoms with E-state index in [0.29, 0.717) is 42.0 Å². The Morgan fingerprint density at radius 2 is 2.05 bits per heavy atom. The number of halogens is 3. The van der Waals surface area contributed by atoms with Crippen LogP contribution >= 0.6 is 15.9 Å². The Morgan fingerprint density at radius 3 is 2.73 bits per heavy atom. The molecule has 200 valence electrons. The average Bonchev–Trinajstić information content (AvgIpc) is 3.45. The largest absolute Gasteiger partial charge is 0.450 e. The Morgan fingerprint density at radius 1 is 1.30 bits per heavy atom. The lowest BCUT2D eigenvalue weighted by atomic mass is 10.2. The molecule has 37 heavy (non-hydrogen) atoms. The van der Waals surface area contributed by atoms with Crippen molar-refractivity contribution < 1.29 is 27.8 Å². The zero-order valence-electron chi connectivity index (χ0n) is 21.1. The lowest BCUT2D eigenvalue weighted by molar-refractivity contribution is 0.0898. The molecule has 1 saturated heterocycles. The third-order valence-corrected chi connectivity index (χ3v) is 8.19. The van der Waals surface area contributed by atoms with Crippen LogP contribution in [0.2, 0.25) is 25.7 Å². The van der Waals surface area contributed by atoms with Crippen LogP contribution < -0.4 is 15.4 Å². The Kier molecular flexibility index (Phi) is 8.83. The predicted octanol–water partition coefficient (Wildman–Crippen LogP) is 6.48. The molecule has 12 heteroatoms. The summed E-state index contributed by atoms with van der Waals surface area (Å²) in [6.45, 7) is 8.78. The van der Waals surface area contributed by atoms with E-state index in [0.717, 1.165) is 31.0 Å². The van der Waals surface area contributed by atoms with E-state index in [2.05, 4.69) is 51.2 Å². The van der Waals surface area contributed by atoms with Crippen LogP contribution in [0.5, 0.6) is 11.5 Å². The summed E-state index contributed by atoms with van der Waals surface area (Å²) in [5, 5.41) is 5.65. The highest BCUT2D eigenvalue weighted by Crippen LogP contribution is 2.37. The molecule has 1 atom stereocenters. The monoisotopic (exact) mass is 596 g/mol. The maximum Gasteiger partial charge on any atom is 0.319 e. The van der Waals surface area contributed by atoms with Crippen molar-refractivity contribution in [2.45, 2.75) is 51.4 Å². The van der Waals surface area contributed by atoms with Crippen LogP contribution in [0.3, 0.4) is 0 Å². The lowest BCUT2D eigenvalue weighted by Gasteiger charge is -2.15. The molecule has 0 saturated carbocycles. The molecular weight excluding hydrogens is 566 g/mol. The number of nitrogens with one attached hydrogen (secondary N) is 2. The molecule has 1 aliphatic heterocycles. The van der Waals surface area contributed by atoms with Gasteiger partial charge < -0.3 is 29.4 Å². The number of anilines is 1. The number of amides is 2. The van der Waals surface area contributed by atoms with Crippen molar-refractivity contribution in [3.8, 4) is 11.5 Å². The smallest absolute Gasteiger partial charge is 0.319 e. The first kappa shape index (κ1) is 27.5. The highest BCUT2D eigenvalue weighted by atomic mass is 79.9. The molecular formula is C25H31BrF2N4O4Si. The molecule has 8 nitrogen and oxygen atoms in total. The van der Waals surface area contributed by atoms with Gasteiger partial charge in [-0.05, 0) is 40.9 Å². The van der Waals surface area contributed by atoms with E-state index in [1.54, 1.807) is 6.20 Å². The molecule has 0 aliphatic carbocycles. The second-order valence-corrected chi connectivity index (χ2v) is 16.6. The lowest BCUT2D eigenvalue weighted by Crippen LogP contribution is -2.35. The topological polar surface area (TPSA) is 86.6 Å². The molecule has 0 radical (unpaired) electrons. The Balaban J connectivity index is 1.45. The number of nitrogens with zero attached hydrogens (tertiary/aromatic N) is 2. The molecule has 4 rings (SSSR count). The Hall–Kier alpha value is -2.54. The zero-order chi connectivity index (χ0) is 26.6. The number of carbonyl (C=O) groups excluding carboxylic acids is 1. The van der Waals surface area contributed by atoms with Crippen molar-refractivity contribution in [1.82, 2.24) is 14.9 Å². The number of hydrogen-bond donors (Lipinski definition) is 2. The van der Waals surface area contributed by atoms with Crippen molar-refractivity contribution in [3.05, 3.63) is 46.7 Å². The van der Waals surface area contributed by atoms with Gasteiger partial charge in [0, 0.05) is 62.5 Å². The summed E-state index contributed by atoms with van der Waals surface area (Å²) in [6, 6.07) is 4.02. The van der Waals surface area contributed by atoms with Gasteiger partial charge in [-0.1, -0.05) is 19.6 Å². The molecule has 2 amide bonds. The maximum atomic E-state index is 14.9. The normalized spacial score (nSPS) is 15.8. The van der Waals surface area contributed by atoms with Crippen LogP contribution in [-0.2, 0) is 16.2 Å². The minimum atomic E-state index is -1.21. The maximum absolute atomic E-state index is 14.9. The van der Waals surface area contributed by atoms with Gasteiger partial charge in [0.05, 0.1) is 11.5 Å². The van der Waals surface area contributed by atoms with Crippen LogP contribution in [0.25, 0.3) is 11.0 Å². The summed E-state index contributed by atoms with van der Waals surface area (Å²) >= 11 is 3.50. The summed E-state index contributed by atoms with van der Waals surface area (Å²) in [5.41, 5.74) is 0.522. The number of hydrogen-bond acceptors (Lipinski definition) is 5. The fourth-order valence-electron chi connectivity index (χ4n) is 3.89. The van der Waals surface area contributed by atoms with Crippen LogP contribution in [0, 0.1) is 11.6 Å². The fourth-order valence-corrected chi connectivity index (χ4v) is 5.27. The number of pyridine rings is 1. The number of fused-ring (bicyclic) bond motifs is 1. The van der Waals surface area contributed by atoms with Crippen LogP contribution in [0.15, 0.2) is 35.1 Å². The number of ether oxygens (including phenoxy) is 3. The SMILES string of the molecule is C[Si](C)(C)CCOCn1cc(Br)c2c(Oc3c(F)cc(NC(=O)NCC4CCCO4)cc3F)ccnc21. The highest BCUT2D eigenvalue weighted by molar-refractivity contribution is 9.10. The van der Waals surface area contributed by atoms with E-state index in [9.17, 15) is 13.6 Å². The molecule has 3 heterocycles. The summed E-state index contributed by atoms with van der Waals surface area (Å²) < 4.78 is 49.2. The molecule has 3 aromatic rings. The van der Waals surface area contributed by atoms with Crippen molar-refractivity contribution in [2.24, 2.45) is 0 Å². The number of carbonyl (C=O) groups is 1. The summed E-state index contributed by atoms with van der Waals surface area (Å²) in [6.07, 6.45) is 5.07. The molecule has 1 fully saturated rings. The van der Waals surface area contributed by atoms with E-state index < -0.39 is 31.5 Å².